The summed E-state index contributed by atoms with van der Waals surface area (Å²) in [5.74, 6) is 0. The summed E-state index contributed by atoms with van der Waals surface area (Å²) in [5, 5.41) is 1.28. The van der Waals surface area contributed by atoms with Gasteiger partial charge in [0.2, 0.25) is 0 Å². The van der Waals surface area contributed by atoms with Gasteiger partial charge in [-0.15, -0.1) is 0 Å². The fourth-order valence-electron chi connectivity index (χ4n) is 2.94. The van der Waals surface area contributed by atoms with Gasteiger partial charge in [-0.1, -0.05) is 44.2 Å². The minimum Gasteiger partial charge on any atom is -0.446 e. The zero-order valence-corrected chi connectivity index (χ0v) is 18.9. The number of hydrogen-bond donors (Lipinski definition) is 1. The van der Waals surface area contributed by atoms with Crippen molar-refractivity contribution in [2.45, 2.75) is 79.2 Å². The van der Waals surface area contributed by atoms with E-state index >= 15 is 0 Å². The van der Waals surface area contributed by atoms with E-state index in [1.165, 1.54) is 10.6 Å². The van der Waals surface area contributed by atoms with Crippen LogP contribution in [0.5, 0.6) is 0 Å². The molecule has 1 saturated heterocycles. The second-order valence-corrected chi connectivity index (χ2v) is 8.08. The van der Waals surface area contributed by atoms with Crippen LogP contribution in [0.3, 0.4) is 0 Å². The third-order valence-corrected chi connectivity index (χ3v) is 4.01. The van der Waals surface area contributed by atoms with Gasteiger partial charge in [0.1, 0.15) is 5.60 Å². The molecule has 1 aliphatic heterocycles. The van der Waals surface area contributed by atoms with Crippen molar-refractivity contribution in [1.82, 2.24) is 15.3 Å². The molecule has 164 valence electrons. The summed E-state index contributed by atoms with van der Waals surface area (Å²) in [5.41, 5.74) is 3.13. The van der Waals surface area contributed by atoms with Crippen molar-refractivity contribution >= 4 is 12.2 Å². The molecule has 7 nitrogen and oxygen atoms in total. The molecule has 0 spiro atoms. The highest BCUT2D eigenvalue weighted by Gasteiger charge is 2.35. The molecule has 1 aromatic rings. The van der Waals surface area contributed by atoms with Gasteiger partial charge >= 0.3 is 12.2 Å². The first-order chi connectivity index (χ1) is 13.6. The Hall–Kier alpha value is -2.28. The van der Waals surface area contributed by atoms with Crippen molar-refractivity contribution in [3.05, 3.63) is 35.9 Å². The SMILES string of the molecule is CC.CC(C)OC(=O)NN(C(=O)OC(C)(C)C)C1CCN(Cc2ccccc2)C1. The van der Waals surface area contributed by atoms with Crippen LogP contribution in [-0.4, -0.2) is 52.9 Å². The molecule has 1 fully saturated rings. The quantitative estimate of drug-likeness (QED) is 0.740. The Morgan fingerprint density at radius 3 is 2.38 bits per heavy atom. The molecule has 1 aliphatic rings. The van der Waals surface area contributed by atoms with Gasteiger partial charge in [0.15, 0.2) is 0 Å². The van der Waals surface area contributed by atoms with E-state index in [9.17, 15) is 9.59 Å². The highest BCUT2D eigenvalue weighted by atomic mass is 16.6. The van der Waals surface area contributed by atoms with Crippen molar-refractivity contribution in [3.8, 4) is 0 Å². The van der Waals surface area contributed by atoms with E-state index in [1.54, 1.807) is 34.6 Å². The Morgan fingerprint density at radius 1 is 1.21 bits per heavy atom. The predicted octanol–water partition coefficient (Wildman–Crippen LogP) is 4.57. The summed E-state index contributed by atoms with van der Waals surface area (Å²) in [6, 6.07) is 10.0. The average Bonchev–Trinajstić information content (AvgIpc) is 3.08. The zero-order valence-electron chi connectivity index (χ0n) is 18.9. The van der Waals surface area contributed by atoms with Gasteiger partial charge in [0.25, 0.3) is 0 Å². The van der Waals surface area contributed by atoms with Crippen LogP contribution < -0.4 is 5.43 Å². The maximum absolute atomic E-state index is 12.6. The number of nitrogens with zero attached hydrogens (tertiary/aromatic N) is 2. The maximum atomic E-state index is 12.6. The van der Waals surface area contributed by atoms with E-state index in [1.807, 2.05) is 32.0 Å². The van der Waals surface area contributed by atoms with Crippen LogP contribution in [0, 0.1) is 0 Å². The summed E-state index contributed by atoms with van der Waals surface area (Å²) >= 11 is 0. The molecule has 1 unspecified atom stereocenters. The third-order valence-electron chi connectivity index (χ3n) is 4.01. The molecule has 0 saturated carbocycles. The minimum absolute atomic E-state index is 0.178. The molecule has 2 rings (SSSR count). The monoisotopic (exact) mass is 407 g/mol. The highest BCUT2D eigenvalue weighted by molar-refractivity contribution is 5.74. The number of carbonyl (C=O) groups is 2. The van der Waals surface area contributed by atoms with Gasteiger partial charge in [0.05, 0.1) is 12.1 Å². The Labute approximate surface area is 175 Å². The number of amides is 2. The third kappa shape index (κ3) is 9.17. The normalized spacial score (nSPS) is 16.6. The number of benzene rings is 1. The maximum Gasteiger partial charge on any atom is 0.429 e. The number of hydrazine groups is 1. The summed E-state index contributed by atoms with van der Waals surface area (Å²) in [6.45, 7) is 15.2. The van der Waals surface area contributed by atoms with Gasteiger partial charge in [-0.05, 0) is 46.6 Å². The molecule has 0 radical (unpaired) electrons. The molecule has 1 atom stereocenters. The summed E-state index contributed by atoms with van der Waals surface area (Å²) < 4.78 is 10.6. The van der Waals surface area contributed by atoms with Crippen molar-refractivity contribution in [1.29, 1.82) is 0 Å². The second-order valence-electron chi connectivity index (χ2n) is 8.08. The molecular weight excluding hydrogens is 370 g/mol. The van der Waals surface area contributed by atoms with Crippen LogP contribution in [0.25, 0.3) is 0 Å². The fraction of sp³-hybridized carbons (Fsp3) is 0.636. The van der Waals surface area contributed by atoms with Crippen molar-refractivity contribution in [3.63, 3.8) is 0 Å². The summed E-state index contributed by atoms with van der Waals surface area (Å²) in [4.78, 5) is 27.0. The van der Waals surface area contributed by atoms with Crippen LogP contribution in [0.1, 0.15) is 60.5 Å². The Balaban J connectivity index is 0.00000204. The standard InChI is InChI=1S/C20H31N3O4.C2H6/c1-15(2)26-18(24)21-23(19(25)27-20(3,4)5)17-11-12-22(14-17)13-16-9-7-6-8-10-16;1-2/h6-10,15,17H,11-14H2,1-5H3,(H,21,24);1-2H3. The van der Waals surface area contributed by atoms with Crippen LogP contribution in [-0.2, 0) is 16.0 Å². The first-order valence-electron chi connectivity index (χ1n) is 10.4. The number of ether oxygens (including phenoxy) is 2. The van der Waals surface area contributed by atoms with Gasteiger partial charge in [-0.2, -0.15) is 0 Å². The lowest BCUT2D eigenvalue weighted by molar-refractivity contribution is -0.000670. The van der Waals surface area contributed by atoms with E-state index < -0.39 is 17.8 Å². The number of rotatable bonds is 4. The van der Waals surface area contributed by atoms with E-state index in [0.717, 1.165) is 19.5 Å². The Morgan fingerprint density at radius 2 is 1.83 bits per heavy atom. The molecular formula is C22H37N3O4. The lowest BCUT2D eigenvalue weighted by Gasteiger charge is -2.31. The number of likely N-dealkylation sites (tertiary alicyclic amines) is 1. The molecule has 1 N–H and O–H groups in total. The van der Waals surface area contributed by atoms with Crippen molar-refractivity contribution in [2.75, 3.05) is 13.1 Å². The Kier molecular flexibility index (Phi) is 9.95. The smallest absolute Gasteiger partial charge is 0.429 e. The van der Waals surface area contributed by atoms with E-state index in [2.05, 4.69) is 22.5 Å². The van der Waals surface area contributed by atoms with Crippen LogP contribution in [0.15, 0.2) is 30.3 Å². The van der Waals surface area contributed by atoms with Crippen LogP contribution in [0.4, 0.5) is 9.59 Å². The predicted molar refractivity (Wildman–Crippen MR) is 114 cm³/mol. The number of nitrogens with one attached hydrogen (secondary N) is 1. The minimum atomic E-state index is -0.655. The molecule has 1 aromatic carbocycles. The van der Waals surface area contributed by atoms with Crippen molar-refractivity contribution < 1.29 is 19.1 Å². The van der Waals surface area contributed by atoms with E-state index in [-0.39, 0.29) is 12.1 Å². The molecule has 1 heterocycles. The number of hydrogen-bond acceptors (Lipinski definition) is 5. The van der Waals surface area contributed by atoms with Crippen LogP contribution >= 0.6 is 0 Å². The lowest BCUT2D eigenvalue weighted by atomic mass is 10.2. The molecule has 0 bridgehead atoms. The molecule has 0 aliphatic carbocycles. The first kappa shape index (κ1) is 24.8. The highest BCUT2D eigenvalue weighted by Crippen LogP contribution is 2.19. The average molecular weight is 408 g/mol. The topological polar surface area (TPSA) is 71.1 Å². The van der Waals surface area contributed by atoms with Crippen LogP contribution in [0.2, 0.25) is 0 Å². The lowest BCUT2D eigenvalue weighted by Crippen LogP contribution is -2.54. The first-order valence-corrected chi connectivity index (χ1v) is 10.4. The summed E-state index contributed by atoms with van der Waals surface area (Å²) in [6.07, 6.45) is -0.760. The Bertz CT molecular complexity index is 629. The van der Waals surface area contributed by atoms with Gasteiger partial charge < -0.3 is 9.47 Å². The molecule has 0 aromatic heterocycles. The zero-order chi connectivity index (χ0) is 22.0. The molecule has 7 heteroatoms. The molecule has 2 amide bonds. The largest absolute Gasteiger partial charge is 0.446 e. The van der Waals surface area contributed by atoms with Crippen molar-refractivity contribution in [2.24, 2.45) is 0 Å². The fourth-order valence-corrected chi connectivity index (χ4v) is 2.94. The summed E-state index contributed by atoms with van der Waals surface area (Å²) in [7, 11) is 0. The van der Waals surface area contributed by atoms with Gasteiger partial charge in [0, 0.05) is 19.6 Å². The number of carbonyl (C=O) groups excluding carboxylic acids is 2. The van der Waals surface area contributed by atoms with Gasteiger partial charge in [-0.25, -0.2) is 20.0 Å². The molecule has 29 heavy (non-hydrogen) atoms. The van der Waals surface area contributed by atoms with E-state index in [4.69, 9.17) is 9.47 Å². The second kappa shape index (κ2) is 11.7. The van der Waals surface area contributed by atoms with Gasteiger partial charge in [-0.3, -0.25) is 4.90 Å². The van der Waals surface area contributed by atoms with E-state index in [0.29, 0.717) is 6.54 Å².